The Hall–Kier alpha value is -5.15. The van der Waals surface area contributed by atoms with E-state index >= 15 is 4.39 Å². The topological polar surface area (TPSA) is 111 Å². The zero-order valence-corrected chi connectivity index (χ0v) is 32.6. The van der Waals surface area contributed by atoms with Gasteiger partial charge in [-0.1, -0.05) is 35.9 Å². The van der Waals surface area contributed by atoms with Crippen molar-refractivity contribution in [3.63, 3.8) is 0 Å². The van der Waals surface area contributed by atoms with Gasteiger partial charge in [0.2, 0.25) is 5.88 Å². The number of benzene rings is 2. The molecule has 0 amide bonds. The van der Waals surface area contributed by atoms with E-state index < -0.39 is 33.9 Å². The second-order valence-electron chi connectivity index (χ2n) is 15.5. The number of methoxy groups -OCH3 is 2. The lowest BCUT2D eigenvalue weighted by molar-refractivity contribution is 0.0647. The Morgan fingerprint density at radius 1 is 0.912 bits per heavy atom. The normalized spacial score (nSPS) is 22.5. The zero-order valence-electron chi connectivity index (χ0n) is 31.9. The number of hydrogen-bond acceptors (Lipinski definition) is 12. The van der Waals surface area contributed by atoms with Crippen LogP contribution in [0.4, 0.5) is 24.8 Å². The third kappa shape index (κ3) is 6.67. The molecule has 9 rings (SSSR count). The molecule has 0 bridgehead atoms. The predicted octanol–water partition coefficient (Wildman–Crippen LogP) is 7.43. The number of alkyl halides is 2. The summed E-state index contributed by atoms with van der Waals surface area (Å²) in [6.45, 7) is 4.61. The highest BCUT2D eigenvalue weighted by atomic mass is 35.5. The Kier molecular flexibility index (Phi) is 9.42. The van der Waals surface area contributed by atoms with Gasteiger partial charge in [-0.2, -0.15) is 15.0 Å². The summed E-state index contributed by atoms with van der Waals surface area (Å²) in [5.74, 6) is -0.958. The van der Waals surface area contributed by atoms with Crippen molar-refractivity contribution in [2.75, 3.05) is 56.9 Å². The molecule has 57 heavy (non-hydrogen) atoms. The summed E-state index contributed by atoms with van der Waals surface area (Å²) in [5, 5.41) is -0.154. The van der Waals surface area contributed by atoms with E-state index in [-0.39, 0.29) is 42.4 Å². The van der Waals surface area contributed by atoms with E-state index in [4.69, 9.17) is 45.5 Å². The molecule has 3 aliphatic heterocycles. The van der Waals surface area contributed by atoms with Crippen molar-refractivity contribution in [1.29, 1.82) is 0 Å². The minimum atomic E-state index is -2.68. The molecule has 3 atom stereocenters. The van der Waals surface area contributed by atoms with Crippen LogP contribution in [0.15, 0.2) is 60.9 Å². The fourth-order valence-corrected chi connectivity index (χ4v) is 9.13. The Bertz CT molecular complexity index is 2260. The van der Waals surface area contributed by atoms with Crippen LogP contribution in [0, 0.1) is 11.2 Å². The molecule has 3 fully saturated rings. The highest BCUT2D eigenvalue weighted by Crippen LogP contribution is 2.69. The van der Waals surface area contributed by atoms with E-state index in [9.17, 15) is 8.78 Å². The highest BCUT2D eigenvalue weighted by Gasteiger charge is 2.77. The molecule has 4 aliphatic rings. The van der Waals surface area contributed by atoms with Gasteiger partial charge in [-0.05, 0) is 68.1 Å². The molecule has 0 unspecified atom stereocenters. The lowest BCUT2D eigenvalue weighted by atomic mass is 9.89. The molecule has 5 aromatic rings. The molecule has 1 spiro atoms. The van der Waals surface area contributed by atoms with Crippen molar-refractivity contribution in [3.8, 4) is 23.4 Å². The maximum absolute atomic E-state index is 16.0. The van der Waals surface area contributed by atoms with Gasteiger partial charge < -0.3 is 28.7 Å². The third-order valence-electron chi connectivity index (χ3n) is 12.0. The van der Waals surface area contributed by atoms with E-state index in [0.29, 0.717) is 49.9 Å². The molecule has 3 aromatic heterocycles. The second-order valence-corrected chi connectivity index (χ2v) is 15.8. The molecule has 12 nitrogen and oxygen atoms in total. The van der Waals surface area contributed by atoms with Crippen molar-refractivity contribution < 1.29 is 32.1 Å². The van der Waals surface area contributed by atoms with E-state index in [0.717, 1.165) is 42.0 Å². The monoisotopic (exact) mass is 802 g/mol. The van der Waals surface area contributed by atoms with Crippen molar-refractivity contribution >= 4 is 34.1 Å². The summed E-state index contributed by atoms with van der Waals surface area (Å²) >= 11 is 6.29. The molecular weight excluding hydrogens is 761 g/mol. The molecule has 298 valence electrons. The quantitative estimate of drug-likeness (QED) is 0.117. The molecule has 16 heteroatoms. The van der Waals surface area contributed by atoms with Crippen LogP contribution >= 0.6 is 11.6 Å². The van der Waals surface area contributed by atoms with E-state index in [1.54, 1.807) is 26.6 Å². The zero-order chi connectivity index (χ0) is 39.5. The summed E-state index contributed by atoms with van der Waals surface area (Å²) in [7, 11) is 3.27. The van der Waals surface area contributed by atoms with E-state index in [1.807, 2.05) is 60.4 Å². The van der Waals surface area contributed by atoms with Crippen molar-refractivity contribution in [1.82, 2.24) is 29.8 Å². The van der Waals surface area contributed by atoms with Crippen molar-refractivity contribution in [2.24, 2.45) is 5.41 Å². The van der Waals surface area contributed by atoms with E-state index in [2.05, 4.69) is 19.8 Å². The lowest BCUT2D eigenvalue weighted by Gasteiger charge is -2.33. The number of hydrogen-bond donors (Lipinski definition) is 0. The lowest BCUT2D eigenvalue weighted by Crippen LogP contribution is -2.43. The van der Waals surface area contributed by atoms with E-state index in [1.165, 1.54) is 0 Å². The molecule has 2 aromatic carbocycles. The van der Waals surface area contributed by atoms with Crippen LogP contribution in [0.3, 0.4) is 0 Å². The first-order chi connectivity index (χ1) is 27.5. The average molecular weight is 803 g/mol. The summed E-state index contributed by atoms with van der Waals surface area (Å²) in [4.78, 5) is 29.7. The number of pyridine rings is 1. The molecule has 0 N–H and O–H groups in total. The first-order valence-electron chi connectivity index (χ1n) is 19.1. The van der Waals surface area contributed by atoms with Crippen LogP contribution in [0.2, 0.25) is 5.15 Å². The number of anilines is 2. The van der Waals surface area contributed by atoms with Crippen LogP contribution in [0.5, 0.6) is 23.4 Å². The Morgan fingerprint density at radius 3 is 2.23 bits per heavy atom. The number of rotatable bonds is 12. The number of ether oxygens (including phenoxy) is 4. The van der Waals surface area contributed by atoms with Gasteiger partial charge in [0.25, 0.3) is 5.92 Å². The predicted molar refractivity (Wildman–Crippen MR) is 207 cm³/mol. The third-order valence-corrected chi connectivity index (χ3v) is 12.3. The molecule has 6 heterocycles. The SMILES string of the molecule is COc1ccc(CN(Cc2ccc(OC)cc2)c2nccnc2[C@@H](C)N2CCOc3nc(Cl)c(F)c4nc(OC[C@@]56CCCN5C[C@]5(CC5(F)F)C6)nc2c34)cc1. The maximum atomic E-state index is 16.0. The largest absolute Gasteiger partial charge is 0.497 e. The first-order valence-corrected chi connectivity index (χ1v) is 19.4. The fourth-order valence-electron chi connectivity index (χ4n) is 8.96. The number of nitrogens with zero attached hydrogens (tertiary/aromatic N) is 8. The minimum absolute atomic E-state index is 0.0894. The van der Waals surface area contributed by atoms with Gasteiger partial charge in [-0.15, -0.1) is 0 Å². The van der Waals surface area contributed by atoms with Gasteiger partial charge in [-0.25, -0.2) is 18.2 Å². The summed E-state index contributed by atoms with van der Waals surface area (Å²) in [6.07, 6.45) is 5.13. The Balaban J connectivity index is 1.08. The van der Waals surface area contributed by atoms with Crippen LogP contribution in [0.1, 0.15) is 55.5 Å². The minimum Gasteiger partial charge on any atom is -0.497 e. The number of aromatic nitrogens is 5. The summed E-state index contributed by atoms with van der Waals surface area (Å²) in [5.41, 5.74) is 0.999. The number of fused-ring (bicyclic) bond motifs is 1. The van der Waals surface area contributed by atoms with Gasteiger partial charge in [0.15, 0.2) is 16.8 Å². The molecule has 0 radical (unpaired) electrons. The van der Waals surface area contributed by atoms with Gasteiger partial charge in [-0.3, -0.25) is 9.88 Å². The maximum Gasteiger partial charge on any atom is 0.319 e. The van der Waals surface area contributed by atoms with Crippen LogP contribution in [-0.2, 0) is 13.1 Å². The van der Waals surface area contributed by atoms with Gasteiger partial charge in [0.1, 0.15) is 47.1 Å². The van der Waals surface area contributed by atoms with Crippen molar-refractivity contribution in [3.05, 3.63) is 88.7 Å². The fraction of sp³-hybridized carbons (Fsp3) is 0.439. The second kappa shape index (κ2) is 14.3. The summed E-state index contributed by atoms with van der Waals surface area (Å²) < 4.78 is 68.4. The standard InChI is InChI=1S/C41H42ClF3N8O4/c1-25(32-36(47-15-14-46-32)51(19-26-5-9-28(54-2)10-6-26)20-27-7-11-29(55-3)12-8-27)53-17-18-56-37-30-33(31(43)34(42)49-37)48-38(50-35(30)53)57-24-40-13-4-16-52(40)23-39(21-40)22-41(39,44)45/h5-12,14-15,25H,4,13,16-24H2,1-3H3/t25-,39-,40+/m1/s1. The first kappa shape index (κ1) is 37.4. The Labute approximate surface area is 332 Å². The molecule has 1 aliphatic carbocycles. The Morgan fingerprint density at radius 2 is 1.58 bits per heavy atom. The highest BCUT2D eigenvalue weighted by molar-refractivity contribution is 6.30. The average Bonchev–Trinajstić information content (AvgIpc) is 3.42. The van der Waals surface area contributed by atoms with Crippen LogP contribution in [-0.4, -0.2) is 88.3 Å². The number of halogens is 4. The van der Waals surface area contributed by atoms with Gasteiger partial charge >= 0.3 is 6.01 Å². The van der Waals surface area contributed by atoms with Crippen LogP contribution in [0.25, 0.3) is 10.9 Å². The summed E-state index contributed by atoms with van der Waals surface area (Å²) in [6, 6.07) is 15.2. The van der Waals surface area contributed by atoms with Gasteiger partial charge in [0.05, 0.1) is 37.8 Å². The molecule has 1 saturated carbocycles. The van der Waals surface area contributed by atoms with Crippen LogP contribution < -0.4 is 28.7 Å². The molecule has 2 saturated heterocycles. The van der Waals surface area contributed by atoms with Crippen molar-refractivity contribution in [2.45, 2.75) is 63.2 Å². The molecular formula is C41H42ClF3N8O4. The smallest absolute Gasteiger partial charge is 0.319 e. The van der Waals surface area contributed by atoms with Gasteiger partial charge in [0, 0.05) is 38.4 Å².